The predicted octanol–water partition coefficient (Wildman–Crippen LogP) is -3.02. The highest BCUT2D eigenvalue weighted by Gasteiger charge is 2.36. The molecule has 2 aliphatic rings. The minimum atomic E-state index is -1.30. The summed E-state index contributed by atoms with van der Waals surface area (Å²) in [7, 11) is 0. The van der Waals surface area contributed by atoms with Gasteiger partial charge in [-0.2, -0.15) is 8.78 Å². The van der Waals surface area contributed by atoms with Crippen LogP contribution in [0.3, 0.4) is 0 Å². The summed E-state index contributed by atoms with van der Waals surface area (Å²) in [6, 6.07) is 0. The summed E-state index contributed by atoms with van der Waals surface area (Å²) in [6.07, 6.45) is -5.81. The molecule has 204 valence electrons. The van der Waals surface area contributed by atoms with Gasteiger partial charge < -0.3 is 29.9 Å². The van der Waals surface area contributed by atoms with Crippen LogP contribution in [0.1, 0.15) is 31.7 Å². The molecule has 0 unspecified atom stereocenters. The van der Waals surface area contributed by atoms with E-state index in [1.54, 1.807) is 0 Å². The zero-order valence-corrected chi connectivity index (χ0v) is 19.4. The molecule has 0 spiro atoms. The van der Waals surface area contributed by atoms with E-state index in [2.05, 4.69) is 0 Å². The summed E-state index contributed by atoms with van der Waals surface area (Å²) < 4.78 is 41.9. The van der Waals surface area contributed by atoms with Gasteiger partial charge in [0.1, 0.15) is 24.7 Å². The fourth-order valence-electron chi connectivity index (χ4n) is 4.47. The third-order valence-electron chi connectivity index (χ3n) is 6.46. The summed E-state index contributed by atoms with van der Waals surface area (Å²) in [5, 5.41) is 38.2. The molecule has 6 atom stereocenters. The molecule has 4 heterocycles. The lowest BCUT2D eigenvalue weighted by molar-refractivity contribution is -0.0467. The first-order chi connectivity index (χ1) is 17.6. The number of aromatic nitrogens is 4. The van der Waals surface area contributed by atoms with Gasteiger partial charge in [0.15, 0.2) is 0 Å². The van der Waals surface area contributed by atoms with Crippen LogP contribution in [0.25, 0.3) is 0 Å². The Morgan fingerprint density at radius 2 is 1.14 bits per heavy atom. The van der Waals surface area contributed by atoms with E-state index >= 15 is 0 Å². The summed E-state index contributed by atoms with van der Waals surface area (Å²) in [6.45, 7) is -2.00. The lowest BCUT2D eigenvalue weighted by atomic mass is 10.2. The van der Waals surface area contributed by atoms with Crippen LogP contribution in [0.5, 0.6) is 0 Å². The van der Waals surface area contributed by atoms with Crippen molar-refractivity contribution in [3.8, 4) is 0 Å². The first kappa shape index (κ1) is 27.0. The van der Waals surface area contributed by atoms with Crippen LogP contribution in [0.15, 0.2) is 31.6 Å². The van der Waals surface area contributed by atoms with Gasteiger partial charge in [-0.3, -0.25) is 27.9 Å². The Labute approximate surface area is 205 Å². The molecule has 0 bridgehead atoms. The molecule has 0 saturated carbocycles. The van der Waals surface area contributed by atoms with E-state index in [0.717, 1.165) is 9.13 Å². The number of hydrogen-bond donors (Lipinski definition) is 4. The molecule has 4 rings (SSSR count). The van der Waals surface area contributed by atoms with E-state index in [0.29, 0.717) is 21.5 Å². The van der Waals surface area contributed by atoms with Crippen molar-refractivity contribution in [2.45, 2.75) is 69.2 Å². The van der Waals surface area contributed by atoms with Gasteiger partial charge in [0, 0.05) is 25.9 Å². The average molecular weight is 532 g/mol. The maximum atomic E-state index is 14.3. The predicted molar refractivity (Wildman–Crippen MR) is 118 cm³/mol. The molecule has 2 aromatic heterocycles. The van der Waals surface area contributed by atoms with Crippen LogP contribution in [0.2, 0.25) is 0 Å². The van der Waals surface area contributed by atoms with Crippen LogP contribution >= 0.6 is 0 Å². The Balaban J connectivity index is 1.57. The number of aliphatic hydroxyl groups excluding tert-OH is 4. The Morgan fingerprint density at radius 1 is 0.757 bits per heavy atom. The Kier molecular flexibility index (Phi) is 7.86. The molecule has 16 heteroatoms. The second-order valence-corrected chi connectivity index (χ2v) is 8.83. The molecule has 0 radical (unpaired) electrons. The number of halogens is 2. The summed E-state index contributed by atoms with van der Waals surface area (Å²) in [4.78, 5) is 50.3. The van der Waals surface area contributed by atoms with E-state index in [1.807, 2.05) is 0 Å². The first-order valence-electron chi connectivity index (χ1n) is 11.5. The topological polar surface area (TPSA) is 187 Å². The number of nitrogens with zero attached hydrogens (tertiary/aromatic N) is 4. The van der Waals surface area contributed by atoms with E-state index in [4.69, 9.17) is 9.47 Å². The van der Waals surface area contributed by atoms with E-state index in [-0.39, 0.29) is 19.3 Å². The van der Waals surface area contributed by atoms with E-state index in [9.17, 15) is 48.4 Å². The Hall–Kier alpha value is -3.02. The normalized spacial score (nSPS) is 27.7. The zero-order chi connectivity index (χ0) is 27.0. The third-order valence-corrected chi connectivity index (χ3v) is 6.46. The minimum absolute atomic E-state index is 0.143. The molecular formula is C21H26F2N4O10. The fraction of sp³-hybridized carbons (Fsp3) is 0.619. The molecule has 4 N–H and O–H groups in total. The van der Waals surface area contributed by atoms with Crippen LogP contribution < -0.4 is 22.5 Å². The summed E-state index contributed by atoms with van der Waals surface area (Å²) in [5.74, 6) is -2.60. The number of rotatable bonds is 8. The summed E-state index contributed by atoms with van der Waals surface area (Å²) >= 11 is 0. The number of aliphatic hydroxyl groups is 4. The minimum Gasteiger partial charge on any atom is -0.394 e. The summed E-state index contributed by atoms with van der Waals surface area (Å²) in [5.41, 5.74) is -4.53. The average Bonchev–Trinajstić information content (AvgIpc) is 3.44. The second-order valence-electron chi connectivity index (χ2n) is 8.83. The number of ether oxygens (including phenoxy) is 2. The molecular weight excluding hydrogens is 506 g/mol. The Morgan fingerprint density at radius 3 is 1.46 bits per heavy atom. The van der Waals surface area contributed by atoms with Crippen molar-refractivity contribution in [3.63, 3.8) is 0 Å². The van der Waals surface area contributed by atoms with Crippen molar-refractivity contribution in [3.05, 3.63) is 65.7 Å². The van der Waals surface area contributed by atoms with Crippen molar-refractivity contribution in [2.75, 3.05) is 13.2 Å². The third kappa shape index (κ3) is 5.07. The molecule has 0 amide bonds. The van der Waals surface area contributed by atoms with E-state index < -0.39 is 97.3 Å². The maximum absolute atomic E-state index is 14.3. The molecule has 0 aliphatic carbocycles. The van der Waals surface area contributed by atoms with Gasteiger partial charge in [0.05, 0.1) is 37.8 Å². The van der Waals surface area contributed by atoms with Crippen LogP contribution in [-0.2, 0) is 22.6 Å². The van der Waals surface area contributed by atoms with E-state index in [1.165, 1.54) is 0 Å². The van der Waals surface area contributed by atoms with Gasteiger partial charge in [-0.25, -0.2) is 9.59 Å². The lowest BCUT2D eigenvalue weighted by Crippen LogP contribution is -2.44. The molecule has 2 aliphatic heterocycles. The largest absolute Gasteiger partial charge is 0.394 e. The van der Waals surface area contributed by atoms with Crippen molar-refractivity contribution < 1.29 is 38.7 Å². The first-order valence-corrected chi connectivity index (χ1v) is 11.5. The van der Waals surface area contributed by atoms with Gasteiger partial charge in [0.25, 0.3) is 11.1 Å². The highest BCUT2D eigenvalue weighted by molar-refractivity contribution is 4.95. The van der Waals surface area contributed by atoms with Gasteiger partial charge in [0.2, 0.25) is 11.6 Å². The fourth-order valence-corrected chi connectivity index (χ4v) is 4.47. The van der Waals surface area contributed by atoms with Gasteiger partial charge >= 0.3 is 11.4 Å². The van der Waals surface area contributed by atoms with Crippen LogP contribution in [0.4, 0.5) is 8.78 Å². The van der Waals surface area contributed by atoms with Gasteiger partial charge in [-0.05, 0) is 6.42 Å². The molecule has 2 saturated heterocycles. The quantitative estimate of drug-likeness (QED) is 0.273. The smallest absolute Gasteiger partial charge is 0.333 e. The molecule has 2 aromatic rings. The zero-order valence-electron chi connectivity index (χ0n) is 19.4. The highest BCUT2D eigenvalue weighted by Crippen LogP contribution is 2.28. The molecule has 0 aromatic carbocycles. The Bertz CT molecular complexity index is 1280. The second kappa shape index (κ2) is 10.8. The molecule has 14 nitrogen and oxygen atoms in total. The van der Waals surface area contributed by atoms with Crippen molar-refractivity contribution in [2.24, 2.45) is 0 Å². The standard InChI is InChI=1S/C21H26F2N4O10/c22-10-6-26(16-4-12(30)14(8-28)36-16)20(34)24(18(10)32)2-1-3-25-19(33)11(23)7-27(21(25)35)17-5-13(31)15(9-29)37-17/h6-7,12-17,28-31H,1-5,8-9H2/t12-,13-,14+,15+,16+,17+/m0/s1. The highest BCUT2D eigenvalue weighted by atomic mass is 19.1. The van der Waals surface area contributed by atoms with Crippen molar-refractivity contribution in [1.29, 1.82) is 0 Å². The van der Waals surface area contributed by atoms with Crippen molar-refractivity contribution >= 4 is 0 Å². The lowest BCUT2D eigenvalue weighted by Gasteiger charge is -2.17. The molecule has 37 heavy (non-hydrogen) atoms. The monoisotopic (exact) mass is 532 g/mol. The molecule has 2 fully saturated rings. The van der Waals surface area contributed by atoms with Crippen LogP contribution in [0, 0.1) is 11.6 Å². The number of hydrogen-bond acceptors (Lipinski definition) is 10. The maximum Gasteiger partial charge on any atom is 0.333 e. The van der Waals surface area contributed by atoms with Crippen molar-refractivity contribution in [1.82, 2.24) is 18.3 Å². The van der Waals surface area contributed by atoms with Gasteiger partial charge in [-0.15, -0.1) is 0 Å². The SMILES string of the molecule is O=c1c(F)cn([C@H]2C[C@H](O)[C@@H](CO)O2)c(=O)n1CCCn1c(=O)c(F)cn([C@H]2C[C@H](O)[C@@H](CO)O2)c1=O. The van der Waals surface area contributed by atoms with Crippen LogP contribution in [-0.4, -0.2) is 76.3 Å². The van der Waals surface area contributed by atoms with Gasteiger partial charge in [-0.1, -0.05) is 0 Å².